The molecule has 170 valence electrons. The van der Waals surface area contributed by atoms with Crippen molar-refractivity contribution in [3.05, 3.63) is 113 Å². The van der Waals surface area contributed by atoms with Crippen LogP contribution in [0.15, 0.2) is 108 Å². The first kappa shape index (κ1) is 20.6. The highest BCUT2D eigenvalue weighted by atomic mass is 32.1. The summed E-state index contributed by atoms with van der Waals surface area (Å²) < 4.78 is 2.71. The number of aromatic nitrogens is 5. The number of thiazole rings is 1. The van der Waals surface area contributed by atoms with Gasteiger partial charge >= 0.3 is 0 Å². The third-order valence-corrected chi connectivity index (χ3v) is 7.12. The number of para-hydroxylation sites is 1. The van der Waals surface area contributed by atoms with E-state index in [1.165, 1.54) is 11.3 Å². The molecular formula is C29H17N5OS. The van der Waals surface area contributed by atoms with Gasteiger partial charge in [-0.3, -0.25) is 9.20 Å². The van der Waals surface area contributed by atoms with Gasteiger partial charge in [-0.05, 0) is 30.3 Å². The van der Waals surface area contributed by atoms with Gasteiger partial charge in [-0.1, -0.05) is 84.1 Å². The van der Waals surface area contributed by atoms with Crippen LogP contribution in [-0.4, -0.2) is 24.3 Å². The molecule has 7 rings (SSSR count). The fourth-order valence-corrected chi connectivity index (χ4v) is 5.37. The SMILES string of the molecule is O=c1c2cc(-c3nc(-c4ccccc4)nc(-c4ccccc4)n3)ccc2nc2sc3ccccc3n12. The smallest absolute Gasteiger partial charge is 0.266 e. The summed E-state index contributed by atoms with van der Waals surface area (Å²) in [7, 11) is 0. The van der Waals surface area contributed by atoms with Crippen LogP contribution < -0.4 is 5.56 Å². The highest BCUT2D eigenvalue weighted by molar-refractivity contribution is 7.23. The van der Waals surface area contributed by atoms with Crippen molar-refractivity contribution in [3.63, 3.8) is 0 Å². The summed E-state index contributed by atoms with van der Waals surface area (Å²) >= 11 is 1.51. The molecule has 3 aromatic heterocycles. The Morgan fingerprint density at radius 2 is 1.17 bits per heavy atom. The average Bonchev–Trinajstić information content (AvgIpc) is 3.32. The molecule has 0 aliphatic heterocycles. The van der Waals surface area contributed by atoms with Gasteiger partial charge in [0.2, 0.25) is 0 Å². The molecule has 0 fully saturated rings. The van der Waals surface area contributed by atoms with Gasteiger partial charge < -0.3 is 0 Å². The molecule has 36 heavy (non-hydrogen) atoms. The lowest BCUT2D eigenvalue weighted by atomic mass is 10.1. The largest absolute Gasteiger partial charge is 0.268 e. The molecule has 4 aromatic carbocycles. The number of hydrogen-bond donors (Lipinski definition) is 0. The first-order valence-corrected chi connectivity index (χ1v) is 12.3. The predicted octanol–water partition coefficient (Wildman–Crippen LogP) is 6.25. The average molecular weight is 484 g/mol. The van der Waals surface area contributed by atoms with E-state index < -0.39 is 0 Å². The first-order valence-electron chi connectivity index (χ1n) is 11.5. The van der Waals surface area contributed by atoms with Crippen molar-refractivity contribution in [1.82, 2.24) is 24.3 Å². The van der Waals surface area contributed by atoms with Crippen LogP contribution in [0.25, 0.3) is 60.2 Å². The Hall–Kier alpha value is -4.75. The van der Waals surface area contributed by atoms with E-state index in [2.05, 4.69) is 0 Å². The normalized spacial score (nSPS) is 11.4. The van der Waals surface area contributed by atoms with E-state index in [0.717, 1.165) is 26.9 Å². The van der Waals surface area contributed by atoms with Crippen LogP contribution in [0.2, 0.25) is 0 Å². The lowest BCUT2D eigenvalue weighted by Gasteiger charge is -2.09. The zero-order valence-electron chi connectivity index (χ0n) is 18.9. The van der Waals surface area contributed by atoms with E-state index in [1.807, 2.05) is 103 Å². The van der Waals surface area contributed by atoms with Crippen LogP contribution in [-0.2, 0) is 0 Å². The van der Waals surface area contributed by atoms with Crippen molar-refractivity contribution in [2.45, 2.75) is 0 Å². The van der Waals surface area contributed by atoms with Crippen molar-refractivity contribution in [2.24, 2.45) is 0 Å². The molecule has 0 saturated carbocycles. The van der Waals surface area contributed by atoms with E-state index in [9.17, 15) is 4.79 Å². The lowest BCUT2D eigenvalue weighted by molar-refractivity contribution is 1.07. The second-order valence-electron chi connectivity index (χ2n) is 8.37. The molecule has 0 atom stereocenters. The minimum atomic E-state index is -0.102. The number of rotatable bonds is 3. The Morgan fingerprint density at radius 1 is 0.583 bits per heavy atom. The molecule has 0 aliphatic carbocycles. The van der Waals surface area contributed by atoms with E-state index in [0.29, 0.717) is 33.3 Å². The monoisotopic (exact) mass is 483 g/mol. The van der Waals surface area contributed by atoms with Crippen molar-refractivity contribution < 1.29 is 0 Å². The zero-order valence-corrected chi connectivity index (χ0v) is 19.7. The third-order valence-electron chi connectivity index (χ3n) is 6.10. The summed E-state index contributed by atoms with van der Waals surface area (Å²) in [6, 6.07) is 33.1. The molecule has 0 N–H and O–H groups in total. The van der Waals surface area contributed by atoms with Gasteiger partial charge in [-0.15, -0.1) is 0 Å². The van der Waals surface area contributed by atoms with E-state index in [1.54, 1.807) is 4.40 Å². The molecule has 0 aliphatic rings. The standard InChI is InChI=1S/C29H17N5OS/c35-28-21-17-20(15-16-22(21)30-29-34(28)23-13-7-8-14-24(23)36-29)27-32-25(18-9-3-1-4-10-18)31-26(33-27)19-11-5-2-6-12-19/h1-17H. The van der Waals surface area contributed by atoms with Crippen LogP contribution in [0, 0.1) is 0 Å². The Morgan fingerprint density at radius 3 is 1.83 bits per heavy atom. The lowest BCUT2D eigenvalue weighted by Crippen LogP contribution is -2.13. The number of benzene rings is 4. The highest BCUT2D eigenvalue weighted by Gasteiger charge is 2.15. The zero-order chi connectivity index (χ0) is 24.1. The molecule has 3 heterocycles. The van der Waals surface area contributed by atoms with E-state index in [4.69, 9.17) is 19.9 Å². The summed E-state index contributed by atoms with van der Waals surface area (Å²) in [5, 5.41) is 0.525. The molecule has 0 saturated heterocycles. The Bertz CT molecular complexity index is 1910. The van der Waals surface area contributed by atoms with Gasteiger partial charge in [0.15, 0.2) is 22.4 Å². The molecule has 0 spiro atoms. The summed E-state index contributed by atoms with van der Waals surface area (Å²) in [5.41, 5.74) is 3.93. The summed E-state index contributed by atoms with van der Waals surface area (Å²) in [6.07, 6.45) is 0. The molecule has 0 radical (unpaired) electrons. The van der Waals surface area contributed by atoms with Gasteiger partial charge in [0.05, 0.1) is 21.1 Å². The van der Waals surface area contributed by atoms with Crippen molar-refractivity contribution in [2.75, 3.05) is 0 Å². The Balaban J connectivity index is 1.47. The van der Waals surface area contributed by atoms with Crippen LogP contribution in [0.1, 0.15) is 0 Å². The minimum Gasteiger partial charge on any atom is -0.268 e. The maximum Gasteiger partial charge on any atom is 0.266 e. The molecule has 7 aromatic rings. The van der Waals surface area contributed by atoms with E-state index >= 15 is 0 Å². The van der Waals surface area contributed by atoms with Gasteiger partial charge in [0.25, 0.3) is 5.56 Å². The third kappa shape index (κ3) is 3.37. The predicted molar refractivity (Wildman–Crippen MR) is 144 cm³/mol. The molecule has 0 unspecified atom stereocenters. The molecule has 6 nitrogen and oxygen atoms in total. The summed E-state index contributed by atoms with van der Waals surface area (Å²) in [5.74, 6) is 1.66. The number of nitrogens with zero attached hydrogens (tertiary/aromatic N) is 5. The minimum absolute atomic E-state index is 0.102. The van der Waals surface area contributed by atoms with Gasteiger partial charge in [-0.2, -0.15) is 0 Å². The second-order valence-corrected chi connectivity index (χ2v) is 9.38. The molecule has 0 bridgehead atoms. The Labute approximate surface area is 209 Å². The fraction of sp³-hybridized carbons (Fsp3) is 0. The topological polar surface area (TPSA) is 73.0 Å². The highest BCUT2D eigenvalue weighted by Crippen LogP contribution is 2.28. The van der Waals surface area contributed by atoms with Crippen LogP contribution in [0.4, 0.5) is 0 Å². The quantitative estimate of drug-likeness (QED) is 0.297. The van der Waals surface area contributed by atoms with Crippen LogP contribution in [0.5, 0.6) is 0 Å². The van der Waals surface area contributed by atoms with Crippen molar-refractivity contribution >= 4 is 37.4 Å². The molecule has 0 amide bonds. The first-order chi connectivity index (χ1) is 17.7. The van der Waals surface area contributed by atoms with Crippen LogP contribution >= 0.6 is 11.3 Å². The molecule has 7 heteroatoms. The second kappa shape index (κ2) is 8.18. The molecular weight excluding hydrogens is 466 g/mol. The number of hydrogen-bond acceptors (Lipinski definition) is 6. The van der Waals surface area contributed by atoms with Crippen molar-refractivity contribution in [3.8, 4) is 34.2 Å². The maximum atomic E-state index is 13.6. The summed E-state index contributed by atoms with van der Waals surface area (Å²) in [4.78, 5) is 33.4. The van der Waals surface area contributed by atoms with Crippen LogP contribution in [0.3, 0.4) is 0 Å². The maximum absolute atomic E-state index is 13.6. The van der Waals surface area contributed by atoms with E-state index in [-0.39, 0.29) is 5.56 Å². The number of fused-ring (bicyclic) bond motifs is 4. The van der Waals surface area contributed by atoms with Gasteiger partial charge in [0, 0.05) is 16.7 Å². The Kier molecular flexibility index (Phi) is 4.68. The summed E-state index contributed by atoms with van der Waals surface area (Å²) in [6.45, 7) is 0. The fourth-order valence-electron chi connectivity index (χ4n) is 4.35. The van der Waals surface area contributed by atoms with Gasteiger partial charge in [-0.25, -0.2) is 19.9 Å². The van der Waals surface area contributed by atoms with Crippen molar-refractivity contribution in [1.29, 1.82) is 0 Å². The van der Waals surface area contributed by atoms with Gasteiger partial charge in [0.1, 0.15) is 0 Å².